The number of nitrogens with zero attached hydrogens (tertiary/aromatic N) is 1. The molecule has 0 saturated heterocycles. The minimum atomic E-state index is -0.286. The number of hydrazone groups is 1. The first kappa shape index (κ1) is 22.2. The van der Waals surface area contributed by atoms with Crippen molar-refractivity contribution in [1.82, 2.24) is 5.43 Å². The van der Waals surface area contributed by atoms with Crippen LogP contribution in [0.15, 0.2) is 76.3 Å². The number of hydrogen-bond donors (Lipinski definition) is 2. The lowest BCUT2D eigenvalue weighted by Gasteiger charge is -2.10. The van der Waals surface area contributed by atoms with Gasteiger partial charge in [-0.3, -0.25) is 9.59 Å². The molecule has 158 valence electrons. The number of anilines is 1. The van der Waals surface area contributed by atoms with Gasteiger partial charge in [0.15, 0.2) is 6.61 Å². The van der Waals surface area contributed by atoms with Gasteiger partial charge in [0, 0.05) is 11.3 Å². The Balaban J connectivity index is 1.52. The van der Waals surface area contributed by atoms with E-state index >= 15 is 0 Å². The van der Waals surface area contributed by atoms with E-state index in [4.69, 9.17) is 4.74 Å². The number of aryl methyl sites for hydroxylation is 2. The van der Waals surface area contributed by atoms with Crippen LogP contribution < -0.4 is 15.5 Å². The molecule has 0 bridgehead atoms. The summed E-state index contributed by atoms with van der Waals surface area (Å²) in [4.78, 5) is 24.1. The topological polar surface area (TPSA) is 79.8 Å². The van der Waals surface area contributed by atoms with Crippen molar-refractivity contribution in [3.8, 4) is 5.75 Å². The molecular weight excluding hydrogens is 458 g/mol. The molecule has 3 rings (SSSR count). The van der Waals surface area contributed by atoms with Crippen LogP contribution in [0.25, 0.3) is 0 Å². The monoisotopic (exact) mass is 479 g/mol. The highest BCUT2D eigenvalue weighted by Crippen LogP contribution is 2.25. The molecule has 0 heterocycles. The number of nitrogens with one attached hydrogen (secondary N) is 2. The molecule has 31 heavy (non-hydrogen) atoms. The van der Waals surface area contributed by atoms with Gasteiger partial charge in [-0.2, -0.15) is 5.10 Å². The molecular formula is C24H22BrN3O3. The molecule has 0 aliphatic rings. The van der Waals surface area contributed by atoms with Gasteiger partial charge in [-0.25, -0.2) is 5.43 Å². The summed E-state index contributed by atoms with van der Waals surface area (Å²) in [5.41, 5.74) is 6.78. The zero-order valence-electron chi connectivity index (χ0n) is 17.2. The smallest absolute Gasteiger partial charge is 0.271 e. The molecule has 6 nitrogen and oxygen atoms in total. The van der Waals surface area contributed by atoms with Gasteiger partial charge >= 0.3 is 0 Å². The third-order valence-corrected chi connectivity index (χ3v) is 5.14. The minimum Gasteiger partial charge on any atom is -0.483 e. The first-order chi connectivity index (χ1) is 14.9. The summed E-state index contributed by atoms with van der Waals surface area (Å²) in [7, 11) is 0. The Morgan fingerprint density at radius 1 is 1.00 bits per heavy atom. The zero-order valence-corrected chi connectivity index (χ0v) is 18.8. The number of hydrogen-bond acceptors (Lipinski definition) is 4. The van der Waals surface area contributed by atoms with Crippen LogP contribution in [0.5, 0.6) is 5.75 Å². The quantitative estimate of drug-likeness (QED) is 0.375. The van der Waals surface area contributed by atoms with Gasteiger partial charge in [-0.05, 0) is 88.9 Å². The molecule has 3 aromatic rings. The van der Waals surface area contributed by atoms with Crippen molar-refractivity contribution in [3.05, 3.63) is 93.5 Å². The van der Waals surface area contributed by atoms with Crippen LogP contribution in [0.1, 0.15) is 27.0 Å². The molecule has 2 amide bonds. The third-order valence-electron chi connectivity index (χ3n) is 4.52. The maximum Gasteiger partial charge on any atom is 0.271 e. The second kappa shape index (κ2) is 10.5. The highest BCUT2D eigenvalue weighted by atomic mass is 79.9. The summed E-state index contributed by atoms with van der Waals surface area (Å²) in [5, 5.41) is 6.80. The lowest BCUT2D eigenvalue weighted by molar-refractivity contribution is -0.118. The third kappa shape index (κ3) is 6.52. The average Bonchev–Trinajstić information content (AvgIpc) is 2.76. The fourth-order valence-electron chi connectivity index (χ4n) is 2.69. The van der Waals surface area contributed by atoms with Crippen molar-refractivity contribution in [1.29, 1.82) is 0 Å². The van der Waals surface area contributed by atoms with Crippen molar-refractivity contribution in [3.63, 3.8) is 0 Å². The molecule has 0 aliphatic heterocycles. The molecule has 0 radical (unpaired) electrons. The van der Waals surface area contributed by atoms with Crippen molar-refractivity contribution in [2.24, 2.45) is 5.10 Å². The van der Waals surface area contributed by atoms with E-state index in [1.165, 1.54) is 11.8 Å². The summed E-state index contributed by atoms with van der Waals surface area (Å²) in [6, 6.07) is 19.9. The van der Waals surface area contributed by atoms with Crippen LogP contribution in [-0.4, -0.2) is 24.6 Å². The Morgan fingerprint density at radius 3 is 2.48 bits per heavy atom. The van der Waals surface area contributed by atoms with Gasteiger partial charge in [-0.1, -0.05) is 24.3 Å². The van der Waals surface area contributed by atoms with Crippen LogP contribution in [0, 0.1) is 13.8 Å². The van der Waals surface area contributed by atoms with Crippen molar-refractivity contribution in [2.75, 3.05) is 11.9 Å². The molecule has 0 atom stereocenters. The number of carbonyl (C=O) groups excluding carboxylic acids is 2. The van der Waals surface area contributed by atoms with Gasteiger partial charge in [0.2, 0.25) is 0 Å². The molecule has 3 aromatic carbocycles. The summed E-state index contributed by atoms with van der Waals surface area (Å²) in [5.74, 6) is -0.00391. The van der Waals surface area contributed by atoms with Gasteiger partial charge in [0.25, 0.3) is 11.8 Å². The molecule has 0 aromatic heterocycles. The number of ether oxygens (including phenoxy) is 1. The average molecular weight is 480 g/mol. The number of benzene rings is 3. The van der Waals surface area contributed by atoms with E-state index in [1.54, 1.807) is 42.5 Å². The van der Waals surface area contributed by atoms with Gasteiger partial charge < -0.3 is 10.1 Å². The van der Waals surface area contributed by atoms with E-state index in [9.17, 15) is 9.59 Å². The predicted octanol–water partition coefficient (Wildman–Crippen LogP) is 4.85. The van der Waals surface area contributed by atoms with Crippen LogP contribution in [0.4, 0.5) is 5.69 Å². The fraction of sp³-hybridized carbons (Fsp3) is 0.125. The van der Waals surface area contributed by atoms with Crippen LogP contribution in [0.3, 0.4) is 0 Å². The Labute approximate surface area is 189 Å². The lowest BCUT2D eigenvalue weighted by Crippen LogP contribution is -2.20. The van der Waals surface area contributed by atoms with E-state index in [-0.39, 0.29) is 18.4 Å². The van der Waals surface area contributed by atoms with Gasteiger partial charge in [0.05, 0.1) is 10.7 Å². The van der Waals surface area contributed by atoms with E-state index in [2.05, 4.69) is 31.8 Å². The molecule has 0 aliphatic carbocycles. The summed E-state index contributed by atoms with van der Waals surface area (Å²) in [6.07, 6.45) is 1.53. The molecule has 0 saturated carbocycles. The second-order valence-corrected chi connectivity index (χ2v) is 7.75. The first-order valence-electron chi connectivity index (χ1n) is 9.60. The number of carbonyl (C=O) groups is 2. The van der Waals surface area contributed by atoms with E-state index in [0.717, 1.165) is 16.8 Å². The number of rotatable bonds is 7. The van der Waals surface area contributed by atoms with E-state index < -0.39 is 0 Å². The standard InChI is InChI=1S/C24H22BrN3O3/c1-16-8-10-20(12-17(16)2)27-23(29)15-31-22-11-9-18(13-21(22)25)14-26-28-24(30)19-6-4-3-5-7-19/h3-14H,15H2,1-2H3,(H,27,29)(H,28,30)/b26-14+. The Morgan fingerprint density at radius 2 is 1.77 bits per heavy atom. The summed E-state index contributed by atoms with van der Waals surface area (Å²) in [6.45, 7) is 3.90. The highest BCUT2D eigenvalue weighted by molar-refractivity contribution is 9.10. The predicted molar refractivity (Wildman–Crippen MR) is 126 cm³/mol. The fourth-order valence-corrected chi connectivity index (χ4v) is 3.20. The number of halogens is 1. The van der Waals surface area contributed by atoms with Crippen LogP contribution >= 0.6 is 15.9 Å². The van der Waals surface area contributed by atoms with Crippen molar-refractivity contribution < 1.29 is 14.3 Å². The maximum atomic E-state index is 12.2. The molecule has 0 fully saturated rings. The van der Waals surface area contributed by atoms with Gasteiger partial charge in [0.1, 0.15) is 5.75 Å². The van der Waals surface area contributed by atoms with Crippen LogP contribution in [-0.2, 0) is 4.79 Å². The SMILES string of the molecule is Cc1ccc(NC(=O)COc2ccc(/C=N/NC(=O)c3ccccc3)cc2Br)cc1C. The maximum absolute atomic E-state index is 12.2. The largest absolute Gasteiger partial charge is 0.483 e. The van der Waals surface area contributed by atoms with Crippen molar-refractivity contribution >= 4 is 39.6 Å². The molecule has 2 N–H and O–H groups in total. The summed E-state index contributed by atoms with van der Waals surface area (Å²) < 4.78 is 6.28. The van der Waals surface area contributed by atoms with E-state index in [0.29, 0.717) is 15.8 Å². The van der Waals surface area contributed by atoms with Gasteiger partial charge in [-0.15, -0.1) is 0 Å². The summed E-state index contributed by atoms with van der Waals surface area (Å²) >= 11 is 3.43. The lowest BCUT2D eigenvalue weighted by atomic mass is 10.1. The Kier molecular flexibility index (Phi) is 7.56. The molecule has 7 heteroatoms. The van der Waals surface area contributed by atoms with Crippen molar-refractivity contribution in [2.45, 2.75) is 13.8 Å². The molecule has 0 spiro atoms. The highest BCUT2D eigenvalue weighted by Gasteiger charge is 2.08. The minimum absolute atomic E-state index is 0.119. The van der Waals surface area contributed by atoms with Crippen LogP contribution in [0.2, 0.25) is 0 Å². The second-order valence-electron chi connectivity index (χ2n) is 6.89. The number of amides is 2. The Bertz CT molecular complexity index is 1110. The van der Waals surface area contributed by atoms with E-state index in [1.807, 2.05) is 38.1 Å². The normalized spacial score (nSPS) is 10.7. The zero-order chi connectivity index (χ0) is 22.2. The Hall–Kier alpha value is -3.45. The molecule has 0 unspecified atom stereocenters. The first-order valence-corrected chi connectivity index (χ1v) is 10.4.